The van der Waals surface area contributed by atoms with E-state index in [4.69, 9.17) is 0 Å². The SMILES string of the molecule is Cc1ccccc1C1=CC(=O)CN1. The molecule has 1 aromatic rings. The zero-order valence-corrected chi connectivity index (χ0v) is 7.50. The van der Waals surface area contributed by atoms with Gasteiger partial charge in [0.15, 0.2) is 5.78 Å². The summed E-state index contributed by atoms with van der Waals surface area (Å²) in [5, 5.41) is 3.08. The Balaban J connectivity index is 2.41. The standard InChI is InChI=1S/C11H11NO/c1-8-4-2-3-5-10(8)11-6-9(13)7-12-11/h2-6,12H,7H2,1H3. The molecule has 2 nitrogen and oxygen atoms in total. The molecule has 1 aromatic carbocycles. The predicted octanol–water partition coefficient (Wildman–Crippen LogP) is 1.51. The van der Waals surface area contributed by atoms with E-state index < -0.39 is 0 Å². The van der Waals surface area contributed by atoms with Crippen molar-refractivity contribution in [1.82, 2.24) is 5.32 Å². The van der Waals surface area contributed by atoms with Crippen LogP contribution in [-0.4, -0.2) is 12.3 Å². The molecule has 13 heavy (non-hydrogen) atoms. The lowest BCUT2D eigenvalue weighted by Gasteiger charge is -2.06. The summed E-state index contributed by atoms with van der Waals surface area (Å²) in [4.78, 5) is 11.0. The van der Waals surface area contributed by atoms with Crippen LogP contribution in [0, 0.1) is 6.92 Å². The van der Waals surface area contributed by atoms with E-state index in [0.29, 0.717) is 6.54 Å². The topological polar surface area (TPSA) is 29.1 Å². The molecule has 0 saturated carbocycles. The number of rotatable bonds is 1. The van der Waals surface area contributed by atoms with Crippen LogP contribution in [-0.2, 0) is 4.79 Å². The Morgan fingerprint density at radius 1 is 1.31 bits per heavy atom. The number of hydrogen-bond acceptors (Lipinski definition) is 2. The van der Waals surface area contributed by atoms with E-state index in [1.165, 1.54) is 5.56 Å². The minimum absolute atomic E-state index is 0.151. The molecule has 2 rings (SSSR count). The largest absolute Gasteiger partial charge is 0.377 e. The summed E-state index contributed by atoms with van der Waals surface area (Å²) in [5.41, 5.74) is 3.26. The molecule has 1 N–H and O–H groups in total. The average molecular weight is 173 g/mol. The number of ketones is 1. The number of carbonyl (C=O) groups excluding carboxylic acids is 1. The van der Waals surface area contributed by atoms with Crippen molar-refractivity contribution in [1.29, 1.82) is 0 Å². The fourth-order valence-corrected chi connectivity index (χ4v) is 1.49. The molecule has 0 radical (unpaired) electrons. The first-order chi connectivity index (χ1) is 6.27. The normalized spacial score (nSPS) is 15.5. The number of nitrogens with one attached hydrogen (secondary N) is 1. The van der Waals surface area contributed by atoms with Crippen LogP contribution in [0.3, 0.4) is 0 Å². The Labute approximate surface area is 77.3 Å². The third-order valence-corrected chi connectivity index (χ3v) is 2.19. The lowest BCUT2D eigenvalue weighted by atomic mass is 10.1. The Bertz CT molecular complexity index is 379. The maximum absolute atomic E-state index is 11.0. The van der Waals surface area contributed by atoms with Crippen molar-refractivity contribution in [3.05, 3.63) is 41.5 Å². The molecule has 2 heteroatoms. The van der Waals surface area contributed by atoms with Crippen molar-refractivity contribution in [3.63, 3.8) is 0 Å². The molecule has 1 aliphatic heterocycles. The molecule has 1 aliphatic rings. The van der Waals surface area contributed by atoms with E-state index >= 15 is 0 Å². The third-order valence-electron chi connectivity index (χ3n) is 2.19. The molecular formula is C11H11NO. The predicted molar refractivity (Wildman–Crippen MR) is 52.2 cm³/mol. The van der Waals surface area contributed by atoms with Gasteiger partial charge in [0.2, 0.25) is 0 Å². The Hall–Kier alpha value is -1.57. The van der Waals surface area contributed by atoms with E-state index in [-0.39, 0.29) is 5.78 Å². The van der Waals surface area contributed by atoms with E-state index in [1.54, 1.807) is 6.08 Å². The second kappa shape index (κ2) is 3.05. The summed E-state index contributed by atoms with van der Waals surface area (Å²) in [6.45, 7) is 2.48. The van der Waals surface area contributed by atoms with Gasteiger partial charge in [-0.2, -0.15) is 0 Å². The highest BCUT2D eigenvalue weighted by molar-refractivity contribution is 6.02. The molecule has 0 spiro atoms. The highest BCUT2D eigenvalue weighted by Crippen LogP contribution is 2.18. The zero-order chi connectivity index (χ0) is 9.26. The maximum Gasteiger partial charge on any atom is 0.176 e. The number of aryl methyl sites for hydroxylation is 1. The Kier molecular flexibility index (Phi) is 1.89. The monoisotopic (exact) mass is 173 g/mol. The van der Waals surface area contributed by atoms with Gasteiger partial charge in [0, 0.05) is 17.3 Å². The number of hydrogen-bond donors (Lipinski definition) is 1. The quantitative estimate of drug-likeness (QED) is 0.697. The number of benzene rings is 1. The zero-order valence-electron chi connectivity index (χ0n) is 7.50. The van der Waals surface area contributed by atoms with Crippen molar-refractivity contribution in [2.75, 3.05) is 6.54 Å². The average Bonchev–Trinajstić information content (AvgIpc) is 2.53. The van der Waals surface area contributed by atoms with Gasteiger partial charge in [-0.15, -0.1) is 0 Å². The summed E-state index contributed by atoms with van der Waals surface area (Å²) >= 11 is 0. The second-order valence-corrected chi connectivity index (χ2v) is 3.19. The smallest absolute Gasteiger partial charge is 0.176 e. The van der Waals surface area contributed by atoms with Gasteiger partial charge in [-0.1, -0.05) is 24.3 Å². The van der Waals surface area contributed by atoms with Crippen LogP contribution in [0.5, 0.6) is 0 Å². The van der Waals surface area contributed by atoms with Crippen molar-refractivity contribution in [2.24, 2.45) is 0 Å². The Morgan fingerprint density at radius 3 is 2.69 bits per heavy atom. The van der Waals surface area contributed by atoms with Gasteiger partial charge in [-0.25, -0.2) is 0 Å². The Morgan fingerprint density at radius 2 is 2.08 bits per heavy atom. The first-order valence-corrected chi connectivity index (χ1v) is 4.32. The second-order valence-electron chi connectivity index (χ2n) is 3.19. The van der Waals surface area contributed by atoms with Crippen molar-refractivity contribution < 1.29 is 4.79 Å². The summed E-state index contributed by atoms with van der Waals surface area (Å²) in [6, 6.07) is 8.04. The van der Waals surface area contributed by atoms with E-state index in [2.05, 4.69) is 5.32 Å². The molecule has 0 aromatic heterocycles. The molecular weight excluding hydrogens is 162 g/mol. The van der Waals surface area contributed by atoms with Crippen molar-refractivity contribution in [2.45, 2.75) is 6.92 Å². The van der Waals surface area contributed by atoms with Gasteiger partial charge in [-0.3, -0.25) is 4.79 Å². The molecule has 0 fully saturated rings. The van der Waals surface area contributed by atoms with Crippen LogP contribution in [0.15, 0.2) is 30.3 Å². The van der Waals surface area contributed by atoms with Crippen LogP contribution < -0.4 is 5.32 Å². The summed E-state index contributed by atoms with van der Waals surface area (Å²) < 4.78 is 0. The fourth-order valence-electron chi connectivity index (χ4n) is 1.49. The van der Waals surface area contributed by atoms with E-state index in [1.807, 2.05) is 31.2 Å². The minimum atomic E-state index is 0.151. The first kappa shape index (κ1) is 8.05. The molecule has 0 aliphatic carbocycles. The van der Waals surface area contributed by atoms with Gasteiger partial charge in [0.25, 0.3) is 0 Å². The van der Waals surface area contributed by atoms with Crippen LogP contribution in [0.1, 0.15) is 11.1 Å². The lowest BCUT2D eigenvalue weighted by Crippen LogP contribution is -2.11. The molecule has 0 amide bonds. The fraction of sp³-hybridized carbons (Fsp3) is 0.182. The minimum Gasteiger partial charge on any atom is -0.377 e. The third kappa shape index (κ3) is 1.47. The maximum atomic E-state index is 11.0. The highest BCUT2D eigenvalue weighted by atomic mass is 16.1. The van der Waals surface area contributed by atoms with Gasteiger partial charge in [0.05, 0.1) is 6.54 Å². The molecule has 0 saturated heterocycles. The molecule has 66 valence electrons. The van der Waals surface area contributed by atoms with Crippen LogP contribution in [0.4, 0.5) is 0 Å². The summed E-state index contributed by atoms with van der Waals surface area (Å²) in [6.07, 6.45) is 1.67. The molecule has 0 bridgehead atoms. The molecule has 0 atom stereocenters. The van der Waals surface area contributed by atoms with Gasteiger partial charge >= 0.3 is 0 Å². The molecule has 0 unspecified atom stereocenters. The first-order valence-electron chi connectivity index (χ1n) is 4.32. The van der Waals surface area contributed by atoms with Crippen molar-refractivity contribution in [3.8, 4) is 0 Å². The van der Waals surface area contributed by atoms with Gasteiger partial charge in [-0.05, 0) is 12.5 Å². The van der Waals surface area contributed by atoms with Gasteiger partial charge in [0.1, 0.15) is 0 Å². The van der Waals surface area contributed by atoms with Gasteiger partial charge < -0.3 is 5.32 Å². The summed E-state index contributed by atoms with van der Waals surface area (Å²) in [7, 11) is 0. The highest BCUT2D eigenvalue weighted by Gasteiger charge is 2.13. The summed E-state index contributed by atoms with van der Waals surface area (Å²) in [5.74, 6) is 0.151. The van der Waals surface area contributed by atoms with E-state index in [0.717, 1.165) is 11.3 Å². The lowest BCUT2D eigenvalue weighted by molar-refractivity contribution is -0.113. The van der Waals surface area contributed by atoms with Crippen LogP contribution in [0.2, 0.25) is 0 Å². The van der Waals surface area contributed by atoms with Crippen LogP contribution >= 0.6 is 0 Å². The van der Waals surface area contributed by atoms with E-state index in [9.17, 15) is 4.79 Å². The van der Waals surface area contributed by atoms with Crippen molar-refractivity contribution >= 4 is 11.5 Å². The van der Waals surface area contributed by atoms with Crippen LogP contribution in [0.25, 0.3) is 5.70 Å². The molecule has 1 heterocycles. The number of carbonyl (C=O) groups is 1.